The van der Waals surface area contributed by atoms with Crippen LogP contribution in [0.15, 0.2) is 48.2 Å². The van der Waals surface area contributed by atoms with Gasteiger partial charge in [-0.1, -0.05) is 13.0 Å². The first kappa shape index (κ1) is 24.5. The number of nitro benzene ring substituents is 1. The summed E-state index contributed by atoms with van der Waals surface area (Å²) in [6.45, 7) is 3.52. The Labute approximate surface area is 192 Å². The minimum Gasteiger partial charge on any atom is -0.493 e. The lowest BCUT2D eigenvalue weighted by atomic mass is 9.88. The molecule has 0 N–H and O–H groups in total. The number of methoxy groups -OCH3 is 2. The second-order valence-corrected chi connectivity index (χ2v) is 7.96. The largest absolute Gasteiger partial charge is 0.493 e. The van der Waals surface area contributed by atoms with E-state index in [1.54, 1.807) is 13.0 Å². The SMILES string of the molecule is CCC1=C(C)OC(C=Cc2ccc([N+](=O)[O-])cc2)(O[Cl+3]([O-])([O-])[O-])c2cc(OC)c(OC)cc21. The Morgan fingerprint density at radius 1 is 1.09 bits per heavy atom. The molecule has 33 heavy (non-hydrogen) atoms. The van der Waals surface area contributed by atoms with E-state index in [-0.39, 0.29) is 17.0 Å². The lowest BCUT2D eigenvalue weighted by Gasteiger charge is -2.34. The van der Waals surface area contributed by atoms with Gasteiger partial charge >= 0.3 is 5.79 Å². The van der Waals surface area contributed by atoms with Crippen LogP contribution < -0.4 is 23.5 Å². The van der Waals surface area contributed by atoms with Gasteiger partial charge < -0.3 is 14.2 Å². The molecule has 0 saturated carbocycles. The molecule has 0 aromatic heterocycles. The van der Waals surface area contributed by atoms with E-state index in [4.69, 9.17) is 18.5 Å². The van der Waals surface area contributed by atoms with Crippen LogP contribution in [0.25, 0.3) is 11.6 Å². The predicted molar refractivity (Wildman–Crippen MR) is 108 cm³/mol. The van der Waals surface area contributed by atoms with Crippen molar-refractivity contribution in [3.8, 4) is 11.5 Å². The van der Waals surface area contributed by atoms with E-state index >= 15 is 0 Å². The van der Waals surface area contributed by atoms with Gasteiger partial charge in [-0.3, -0.25) is 10.1 Å². The molecule has 0 aliphatic carbocycles. The highest BCUT2D eigenvalue weighted by Gasteiger charge is 2.53. The Morgan fingerprint density at radius 3 is 2.21 bits per heavy atom. The van der Waals surface area contributed by atoms with Gasteiger partial charge in [0.15, 0.2) is 11.5 Å². The van der Waals surface area contributed by atoms with E-state index in [1.807, 2.05) is 6.92 Å². The van der Waals surface area contributed by atoms with Crippen molar-refractivity contribution >= 4 is 17.3 Å². The first-order chi connectivity index (χ1) is 15.5. The third-order valence-electron chi connectivity index (χ3n) is 5.12. The van der Waals surface area contributed by atoms with Gasteiger partial charge in [0.05, 0.1) is 34.9 Å². The molecular weight excluding hydrogens is 458 g/mol. The average molecular weight is 480 g/mol. The molecule has 0 radical (unpaired) electrons. The highest BCUT2D eigenvalue weighted by molar-refractivity contribution is 5.75. The molecule has 0 spiro atoms. The van der Waals surface area contributed by atoms with Crippen LogP contribution in [-0.2, 0) is 14.8 Å². The van der Waals surface area contributed by atoms with E-state index in [1.165, 1.54) is 56.7 Å². The van der Waals surface area contributed by atoms with Crippen molar-refractivity contribution in [2.45, 2.75) is 26.1 Å². The topological polar surface area (TPSA) is 149 Å². The van der Waals surface area contributed by atoms with Gasteiger partial charge in [-0.15, -0.1) is 0 Å². The lowest BCUT2D eigenvalue weighted by molar-refractivity contribution is -1.92. The van der Waals surface area contributed by atoms with Crippen molar-refractivity contribution in [3.05, 3.63) is 75.0 Å². The summed E-state index contributed by atoms with van der Waals surface area (Å²) in [7, 11) is -2.05. The standard InChI is InChI=1S/C22H22ClNO9/c1-5-17-14(2)32-22(33-23(25,26)27,11-10-15-6-8-16(9-7-15)24(28)29)19-13-21(31-4)20(30-3)12-18(17)19/h6-13H,5H2,1-4H3. The van der Waals surface area contributed by atoms with Gasteiger partial charge in [0.2, 0.25) is 0 Å². The van der Waals surface area contributed by atoms with Crippen LogP contribution in [0.2, 0.25) is 0 Å². The van der Waals surface area contributed by atoms with Crippen molar-refractivity contribution in [3.63, 3.8) is 0 Å². The minimum absolute atomic E-state index is 0.110. The molecule has 0 saturated heterocycles. The maximum Gasteiger partial charge on any atom is 0.408 e. The van der Waals surface area contributed by atoms with Gasteiger partial charge in [-0.05, 0) is 54.3 Å². The lowest BCUT2D eigenvalue weighted by Crippen LogP contribution is -2.64. The summed E-state index contributed by atoms with van der Waals surface area (Å²) in [6.07, 6.45) is 3.24. The maximum atomic E-state index is 11.7. The van der Waals surface area contributed by atoms with Gasteiger partial charge in [0.1, 0.15) is 10.0 Å². The third-order valence-corrected chi connectivity index (χ3v) is 5.53. The summed E-state index contributed by atoms with van der Waals surface area (Å²) in [4.78, 5) is 10.3. The Balaban J connectivity index is 2.22. The summed E-state index contributed by atoms with van der Waals surface area (Å²) in [5.74, 6) is -1.13. The van der Waals surface area contributed by atoms with E-state index in [2.05, 4.69) is 0 Å². The summed E-state index contributed by atoms with van der Waals surface area (Å²) in [6, 6.07) is 8.65. The van der Waals surface area contributed by atoms with Crippen molar-refractivity contribution in [2.24, 2.45) is 0 Å². The number of non-ortho nitro benzene ring substituents is 1. The van der Waals surface area contributed by atoms with Gasteiger partial charge in [0, 0.05) is 18.2 Å². The number of rotatable bonds is 8. The monoisotopic (exact) mass is 479 g/mol. The molecule has 10 nitrogen and oxygen atoms in total. The molecule has 0 amide bonds. The summed E-state index contributed by atoms with van der Waals surface area (Å²) in [5.41, 5.74) is 1.91. The van der Waals surface area contributed by atoms with Crippen molar-refractivity contribution < 1.29 is 47.6 Å². The van der Waals surface area contributed by atoms with E-state index in [9.17, 15) is 24.1 Å². The maximum absolute atomic E-state index is 11.7. The zero-order valence-electron chi connectivity index (χ0n) is 18.3. The van der Waals surface area contributed by atoms with E-state index < -0.39 is 21.0 Å². The number of hydrogen-bond donors (Lipinski definition) is 0. The van der Waals surface area contributed by atoms with Crippen LogP contribution in [0.5, 0.6) is 11.5 Å². The highest BCUT2D eigenvalue weighted by atomic mass is 35.7. The molecule has 1 aliphatic rings. The predicted octanol–water partition coefficient (Wildman–Crippen LogP) is 1.56. The highest BCUT2D eigenvalue weighted by Crippen LogP contribution is 2.48. The second kappa shape index (κ2) is 9.38. The molecule has 1 heterocycles. The first-order valence-electron chi connectivity index (χ1n) is 9.74. The zero-order chi connectivity index (χ0) is 24.4. The van der Waals surface area contributed by atoms with Gasteiger partial charge in [-0.2, -0.15) is 14.0 Å². The molecule has 1 unspecified atom stereocenters. The first-order valence-corrected chi connectivity index (χ1v) is 11.0. The van der Waals surface area contributed by atoms with E-state index in [0.29, 0.717) is 29.1 Å². The molecule has 2 aromatic rings. The normalized spacial score (nSPS) is 18.2. The Kier molecular flexibility index (Phi) is 6.96. The summed E-state index contributed by atoms with van der Waals surface area (Å²) < 4.78 is 56.7. The molecule has 1 atom stereocenters. The Morgan fingerprint density at radius 2 is 1.70 bits per heavy atom. The number of benzene rings is 2. The van der Waals surface area contributed by atoms with E-state index in [0.717, 1.165) is 5.57 Å². The van der Waals surface area contributed by atoms with Crippen molar-refractivity contribution in [1.29, 1.82) is 0 Å². The summed E-state index contributed by atoms with van der Waals surface area (Å²) >= 11 is 0. The number of ether oxygens (including phenoxy) is 3. The smallest absolute Gasteiger partial charge is 0.408 e. The van der Waals surface area contributed by atoms with Crippen LogP contribution in [0.4, 0.5) is 5.69 Å². The number of nitro groups is 1. The van der Waals surface area contributed by atoms with Crippen LogP contribution in [0.3, 0.4) is 0 Å². The number of fused-ring (bicyclic) bond motifs is 1. The average Bonchev–Trinajstić information content (AvgIpc) is 2.76. The Bertz CT molecular complexity index is 1110. The molecule has 11 heteroatoms. The molecule has 3 rings (SSSR count). The number of allylic oxidation sites excluding steroid dienone is 2. The van der Waals surface area contributed by atoms with Gasteiger partial charge in [-0.25, -0.2) is 0 Å². The molecule has 176 valence electrons. The second-order valence-electron chi connectivity index (χ2n) is 7.05. The fourth-order valence-corrected chi connectivity index (χ4v) is 4.10. The molecule has 2 aromatic carbocycles. The zero-order valence-corrected chi connectivity index (χ0v) is 19.1. The van der Waals surface area contributed by atoms with Crippen LogP contribution in [0, 0.1) is 20.4 Å². The molecule has 0 fully saturated rings. The quantitative estimate of drug-likeness (QED) is 0.406. The minimum atomic E-state index is -4.93. The number of hydrogen-bond acceptors (Lipinski definition) is 9. The number of halogens is 1. The number of nitrogens with zero attached hydrogens (tertiary/aromatic N) is 1. The van der Waals surface area contributed by atoms with Crippen molar-refractivity contribution in [2.75, 3.05) is 14.2 Å². The molecule has 0 bridgehead atoms. The van der Waals surface area contributed by atoms with Crippen LogP contribution in [0.1, 0.15) is 37.0 Å². The van der Waals surface area contributed by atoms with Crippen LogP contribution in [-0.4, -0.2) is 19.1 Å². The fraction of sp³-hybridized carbons (Fsp3) is 0.273. The van der Waals surface area contributed by atoms with Crippen molar-refractivity contribution in [1.82, 2.24) is 0 Å². The van der Waals surface area contributed by atoms with Crippen LogP contribution >= 0.6 is 0 Å². The fourth-order valence-electron chi connectivity index (χ4n) is 3.65. The third kappa shape index (κ3) is 5.10. The molecular formula is C22H22ClNO9. The molecule has 1 aliphatic heterocycles. The van der Waals surface area contributed by atoms with Gasteiger partial charge in [0.25, 0.3) is 5.69 Å². The summed E-state index contributed by atoms with van der Waals surface area (Å²) in [5, 5.41) is 10.9. The Hall–Kier alpha value is -3.15.